The van der Waals surface area contributed by atoms with Gasteiger partial charge < -0.3 is 24.1 Å². The quantitative estimate of drug-likeness (QED) is 0.553. The number of fused-ring (bicyclic) bond motifs is 4. The molecule has 0 radical (unpaired) electrons. The first kappa shape index (κ1) is 15.9. The van der Waals surface area contributed by atoms with Crippen LogP contribution in [0.2, 0.25) is 0 Å². The molecule has 6 nitrogen and oxygen atoms in total. The summed E-state index contributed by atoms with van der Waals surface area (Å²) >= 11 is 0. The average molecular weight is 374 g/mol. The van der Waals surface area contributed by atoms with Crippen LogP contribution in [0.3, 0.4) is 0 Å². The van der Waals surface area contributed by atoms with Crippen LogP contribution < -0.4 is 0 Å². The Balaban J connectivity index is 1.41. The largest absolute Gasteiger partial charge is 0.458 e. The van der Waals surface area contributed by atoms with E-state index in [1.54, 1.807) is 0 Å². The molecule has 0 aromatic rings. The summed E-state index contributed by atoms with van der Waals surface area (Å²) in [4.78, 5) is 12.1. The molecule has 146 valence electrons. The lowest BCUT2D eigenvalue weighted by molar-refractivity contribution is -0.157. The Bertz CT molecular complexity index is 861. The van der Waals surface area contributed by atoms with E-state index in [4.69, 9.17) is 18.9 Å². The Morgan fingerprint density at radius 2 is 1.89 bits per heavy atom. The Morgan fingerprint density at radius 1 is 1.11 bits per heavy atom. The molecule has 7 rings (SSSR count). The first-order valence-electron chi connectivity index (χ1n) is 10.3. The zero-order valence-corrected chi connectivity index (χ0v) is 16.2. The fourth-order valence-electron chi connectivity index (χ4n) is 8.34. The van der Waals surface area contributed by atoms with Crippen LogP contribution >= 0.6 is 0 Å². The van der Waals surface area contributed by atoms with Crippen LogP contribution in [0.25, 0.3) is 0 Å². The molecule has 4 aliphatic heterocycles. The van der Waals surface area contributed by atoms with Gasteiger partial charge >= 0.3 is 5.97 Å². The molecule has 0 amide bonds. The summed E-state index contributed by atoms with van der Waals surface area (Å²) < 4.78 is 24.6. The van der Waals surface area contributed by atoms with E-state index < -0.39 is 22.4 Å². The van der Waals surface area contributed by atoms with Gasteiger partial charge in [-0.05, 0) is 43.6 Å². The topological polar surface area (TPSA) is 84.1 Å². The molecule has 0 aromatic heterocycles. The molecule has 0 bridgehead atoms. The van der Waals surface area contributed by atoms with Gasteiger partial charge in [0, 0.05) is 11.0 Å². The number of esters is 1. The average Bonchev–Trinajstić information content (AvgIpc) is 3.46. The van der Waals surface area contributed by atoms with Crippen molar-refractivity contribution in [3.63, 3.8) is 0 Å². The van der Waals surface area contributed by atoms with Gasteiger partial charge in [-0.3, -0.25) is 0 Å². The zero-order valence-electron chi connectivity index (χ0n) is 16.2. The van der Waals surface area contributed by atoms with Crippen molar-refractivity contribution in [2.45, 2.75) is 87.7 Å². The maximum atomic E-state index is 12.1. The van der Waals surface area contributed by atoms with E-state index in [0.29, 0.717) is 6.61 Å². The molecule has 9 atom stereocenters. The fraction of sp³-hybridized carbons (Fsp3) is 0.857. The molecule has 2 saturated carbocycles. The summed E-state index contributed by atoms with van der Waals surface area (Å²) in [5, 5.41) is 11.9. The minimum atomic E-state index is -1.10. The predicted octanol–water partition coefficient (Wildman–Crippen LogP) is 1.49. The van der Waals surface area contributed by atoms with Crippen molar-refractivity contribution in [2.24, 2.45) is 17.3 Å². The van der Waals surface area contributed by atoms with E-state index in [9.17, 15) is 9.90 Å². The van der Waals surface area contributed by atoms with Gasteiger partial charge in [0.1, 0.15) is 35.6 Å². The van der Waals surface area contributed by atoms with Crippen molar-refractivity contribution < 1.29 is 28.8 Å². The summed E-state index contributed by atoms with van der Waals surface area (Å²) in [7, 11) is 0. The fourth-order valence-corrected chi connectivity index (χ4v) is 8.34. The van der Waals surface area contributed by atoms with E-state index in [-0.39, 0.29) is 41.5 Å². The van der Waals surface area contributed by atoms with Crippen molar-refractivity contribution in [3.05, 3.63) is 11.1 Å². The molecule has 6 heteroatoms. The monoisotopic (exact) mass is 374 g/mol. The molecule has 0 aromatic carbocycles. The number of hydrogen-bond acceptors (Lipinski definition) is 6. The van der Waals surface area contributed by atoms with Crippen molar-refractivity contribution in [1.29, 1.82) is 0 Å². The van der Waals surface area contributed by atoms with Crippen molar-refractivity contribution >= 4 is 5.97 Å². The van der Waals surface area contributed by atoms with Crippen LogP contribution in [0, 0.1) is 17.3 Å². The molecule has 1 N–H and O–H groups in total. The highest BCUT2D eigenvalue weighted by Gasteiger charge is 3.03. The number of rotatable bonds is 1. The molecule has 7 aliphatic rings. The van der Waals surface area contributed by atoms with Gasteiger partial charge in [-0.1, -0.05) is 20.8 Å². The van der Waals surface area contributed by atoms with E-state index in [2.05, 4.69) is 20.8 Å². The van der Waals surface area contributed by atoms with Crippen LogP contribution in [0.15, 0.2) is 11.1 Å². The minimum Gasteiger partial charge on any atom is -0.458 e. The van der Waals surface area contributed by atoms with E-state index >= 15 is 0 Å². The number of epoxide rings is 3. The number of carbonyl (C=O) groups is 1. The number of aliphatic hydroxyl groups is 1. The maximum Gasteiger partial charge on any atom is 0.334 e. The summed E-state index contributed by atoms with van der Waals surface area (Å²) in [6, 6.07) is 0. The number of hydrogen-bond donors (Lipinski definition) is 1. The highest BCUT2D eigenvalue weighted by atomic mass is 16.7. The second-order valence-electron chi connectivity index (χ2n) is 10.5. The van der Waals surface area contributed by atoms with Gasteiger partial charge in [-0.15, -0.1) is 0 Å². The molecule has 3 aliphatic carbocycles. The summed E-state index contributed by atoms with van der Waals surface area (Å²) in [6.07, 6.45) is 2.24. The van der Waals surface area contributed by atoms with Gasteiger partial charge in [-0.2, -0.15) is 0 Å². The third-order valence-electron chi connectivity index (χ3n) is 9.61. The van der Waals surface area contributed by atoms with Gasteiger partial charge in [0.25, 0.3) is 0 Å². The second kappa shape index (κ2) is 3.89. The normalized spacial score (nSPS) is 64.0. The van der Waals surface area contributed by atoms with E-state index in [0.717, 1.165) is 30.4 Å². The lowest BCUT2D eigenvalue weighted by Gasteiger charge is -2.56. The summed E-state index contributed by atoms with van der Waals surface area (Å²) in [5.74, 6) is 0.247. The third-order valence-corrected chi connectivity index (χ3v) is 9.61. The molecule has 4 heterocycles. The third kappa shape index (κ3) is 1.21. The van der Waals surface area contributed by atoms with Gasteiger partial charge in [0.2, 0.25) is 0 Å². The van der Waals surface area contributed by atoms with Gasteiger partial charge in [0.15, 0.2) is 5.60 Å². The zero-order chi connectivity index (χ0) is 18.8. The van der Waals surface area contributed by atoms with Crippen molar-refractivity contribution in [3.8, 4) is 0 Å². The number of carbonyl (C=O) groups excluding carboxylic acids is 1. The van der Waals surface area contributed by atoms with Crippen LogP contribution in [-0.2, 0) is 23.7 Å². The van der Waals surface area contributed by atoms with Gasteiger partial charge in [0.05, 0.1) is 6.10 Å². The van der Waals surface area contributed by atoms with Crippen LogP contribution in [0.1, 0.15) is 47.0 Å². The van der Waals surface area contributed by atoms with Crippen LogP contribution in [0.4, 0.5) is 0 Å². The smallest absolute Gasteiger partial charge is 0.334 e. The Labute approximate surface area is 158 Å². The van der Waals surface area contributed by atoms with Crippen LogP contribution in [0.5, 0.6) is 0 Å². The number of ether oxygens (including phenoxy) is 4. The molecule has 27 heavy (non-hydrogen) atoms. The molecule has 0 unspecified atom stereocenters. The highest BCUT2D eigenvalue weighted by molar-refractivity contribution is 5.92. The lowest BCUT2D eigenvalue weighted by atomic mass is 9.44. The maximum absolute atomic E-state index is 12.1. The van der Waals surface area contributed by atoms with E-state index in [1.807, 2.05) is 6.92 Å². The van der Waals surface area contributed by atoms with Crippen LogP contribution in [-0.4, -0.2) is 58.4 Å². The number of cyclic esters (lactones) is 1. The summed E-state index contributed by atoms with van der Waals surface area (Å²) in [5.41, 5.74) is -1.06. The first-order chi connectivity index (χ1) is 12.7. The van der Waals surface area contributed by atoms with E-state index in [1.165, 1.54) is 0 Å². The summed E-state index contributed by atoms with van der Waals surface area (Å²) in [6.45, 7) is 8.83. The van der Waals surface area contributed by atoms with Crippen molar-refractivity contribution in [2.75, 3.05) is 6.61 Å². The molecule has 2 spiro atoms. The molecule has 5 fully saturated rings. The predicted molar refractivity (Wildman–Crippen MR) is 91.7 cm³/mol. The molecular formula is C21H26O6. The Kier molecular flexibility index (Phi) is 2.29. The minimum absolute atomic E-state index is 0.0295. The highest BCUT2D eigenvalue weighted by Crippen LogP contribution is 2.85. The SMILES string of the molecule is CC(C)[C@]12O[C@H]1[C@@H]1O[C@]13[C@]1(O[C@H]1C[C@H]1C4=C(CC[C@@]13C)C(=O)OC4)[C@]2(C)O. The molecule has 3 saturated heterocycles. The Morgan fingerprint density at radius 3 is 2.63 bits per heavy atom. The van der Waals surface area contributed by atoms with Gasteiger partial charge in [-0.25, -0.2) is 4.79 Å². The molecular weight excluding hydrogens is 348 g/mol. The standard InChI is InChI=1S/C21H26O6/c1-9(2)19-14(26-19)15-21(27-15)17(3)6-5-10-11(8-24-16(10)22)12(17)7-13-20(21,25-13)18(19,4)23/h9,12-15,23H,5-8H2,1-4H3/t12-,13-,14-,15-,17-,18+,19-,20+,21+/m0/s1. The second-order valence-corrected chi connectivity index (χ2v) is 10.5. The lowest BCUT2D eigenvalue weighted by Crippen LogP contribution is -2.74. The van der Waals surface area contributed by atoms with Crippen molar-refractivity contribution in [1.82, 2.24) is 0 Å². The first-order valence-corrected chi connectivity index (χ1v) is 10.3. The Hall–Kier alpha value is -0.950.